The quantitative estimate of drug-likeness (QED) is 0.766. The number of carbonyl (C=O) groups excluding carboxylic acids is 1. The van der Waals surface area contributed by atoms with Crippen LogP contribution in [0.5, 0.6) is 0 Å². The van der Waals surface area contributed by atoms with Crippen molar-refractivity contribution in [3.63, 3.8) is 0 Å². The molecule has 1 aromatic heterocycles. The summed E-state index contributed by atoms with van der Waals surface area (Å²) in [4.78, 5) is 15.9. The number of benzene rings is 1. The first-order valence-electron chi connectivity index (χ1n) is 6.37. The molecule has 0 aliphatic heterocycles. The molecule has 0 spiro atoms. The molecule has 4 N–H and O–H groups in total. The monoisotopic (exact) mass is 271 g/mol. The van der Waals surface area contributed by atoms with E-state index >= 15 is 0 Å². The molecule has 2 aromatic rings. The Kier molecular flexibility index (Phi) is 4.68. The Bertz CT molecular complexity index is 565. The zero-order valence-electron chi connectivity index (χ0n) is 11.0. The minimum absolute atomic E-state index is 0.120. The number of hydrogen-bond donors (Lipinski definition) is 3. The number of nitrogens with two attached hydrogens (primary N) is 1. The van der Waals surface area contributed by atoms with E-state index in [9.17, 15) is 4.79 Å². The Morgan fingerprint density at radius 1 is 1.20 bits per heavy atom. The lowest BCUT2D eigenvalue weighted by molar-refractivity contribution is -0.115. The second-order valence-electron chi connectivity index (χ2n) is 4.48. The first-order chi connectivity index (χ1) is 9.67. The highest BCUT2D eigenvalue weighted by Crippen LogP contribution is 2.11. The molecule has 0 bridgehead atoms. The molecule has 0 saturated carbocycles. The van der Waals surface area contributed by atoms with Crippen LogP contribution in [-0.2, 0) is 17.6 Å². The highest BCUT2D eigenvalue weighted by molar-refractivity contribution is 5.92. The van der Waals surface area contributed by atoms with E-state index in [0.29, 0.717) is 17.8 Å². The number of aliphatic hydroxyl groups is 1. The molecule has 0 saturated heterocycles. The van der Waals surface area contributed by atoms with Crippen LogP contribution < -0.4 is 11.1 Å². The van der Waals surface area contributed by atoms with Gasteiger partial charge in [0.15, 0.2) is 0 Å². The SMILES string of the molecule is Nc1ccc(CC(=O)Nc2ccc(CCO)cc2)nc1. The Morgan fingerprint density at radius 2 is 1.95 bits per heavy atom. The minimum Gasteiger partial charge on any atom is -0.397 e. The van der Waals surface area contributed by atoms with Gasteiger partial charge in [-0.05, 0) is 36.2 Å². The predicted octanol–water partition coefficient (Wildman–Crippen LogP) is 1.38. The molecule has 0 aliphatic carbocycles. The third-order valence-corrected chi connectivity index (χ3v) is 2.83. The fraction of sp³-hybridized carbons (Fsp3) is 0.200. The molecule has 1 amide bonds. The zero-order chi connectivity index (χ0) is 14.4. The molecule has 0 atom stereocenters. The normalized spacial score (nSPS) is 10.2. The van der Waals surface area contributed by atoms with E-state index in [1.165, 1.54) is 6.20 Å². The lowest BCUT2D eigenvalue weighted by Gasteiger charge is -2.06. The van der Waals surface area contributed by atoms with Crippen LogP contribution in [0.2, 0.25) is 0 Å². The molecule has 0 fully saturated rings. The van der Waals surface area contributed by atoms with Crippen molar-refractivity contribution in [2.75, 3.05) is 17.7 Å². The van der Waals surface area contributed by atoms with E-state index in [4.69, 9.17) is 10.8 Å². The molecule has 0 aliphatic rings. The largest absolute Gasteiger partial charge is 0.397 e. The number of hydrogen-bond acceptors (Lipinski definition) is 4. The number of aromatic nitrogens is 1. The molecular weight excluding hydrogens is 254 g/mol. The van der Waals surface area contributed by atoms with E-state index in [2.05, 4.69) is 10.3 Å². The van der Waals surface area contributed by atoms with Gasteiger partial charge in [0.05, 0.1) is 18.3 Å². The number of rotatable bonds is 5. The average Bonchev–Trinajstić information content (AvgIpc) is 2.44. The van der Waals surface area contributed by atoms with Gasteiger partial charge in [-0.3, -0.25) is 9.78 Å². The van der Waals surface area contributed by atoms with Crippen LogP contribution in [-0.4, -0.2) is 22.6 Å². The number of nitrogens with zero attached hydrogens (tertiary/aromatic N) is 1. The third-order valence-electron chi connectivity index (χ3n) is 2.83. The van der Waals surface area contributed by atoms with E-state index in [1.807, 2.05) is 24.3 Å². The molecule has 0 unspecified atom stereocenters. The molecule has 104 valence electrons. The van der Waals surface area contributed by atoms with Gasteiger partial charge in [0.2, 0.25) is 5.91 Å². The highest BCUT2D eigenvalue weighted by atomic mass is 16.2. The van der Waals surface area contributed by atoms with Crippen LogP contribution in [0.15, 0.2) is 42.6 Å². The van der Waals surface area contributed by atoms with Gasteiger partial charge in [0, 0.05) is 18.0 Å². The summed E-state index contributed by atoms with van der Waals surface area (Å²) in [7, 11) is 0. The van der Waals surface area contributed by atoms with E-state index < -0.39 is 0 Å². The van der Waals surface area contributed by atoms with E-state index in [0.717, 1.165) is 11.3 Å². The van der Waals surface area contributed by atoms with Crippen LogP contribution in [0.25, 0.3) is 0 Å². The summed E-state index contributed by atoms with van der Waals surface area (Å²) in [6.45, 7) is 0.120. The number of aliphatic hydroxyl groups excluding tert-OH is 1. The number of pyridine rings is 1. The fourth-order valence-corrected chi connectivity index (χ4v) is 1.79. The molecule has 2 rings (SSSR count). The Labute approximate surface area is 117 Å². The highest BCUT2D eigenvalue weighted by Gasteiger charge is 2.05. The van der Waals surface area contributed by atoms with Gasteiger partial charge in [0.1, 0.15) is 0 Å². The first-order valence-corrected chi connectivity index (χ1v) is 6.37. The van der Waals surface area contributed by atoms with Crippen LogP contribution in [0.3, 0.4) is 0 Å². The van der Waals surface area contributed by atoms with Crippen molar-refractivity contribution >= 4 is 17.3 Å². The summed E-state index contributed by atoms with van der Waals surface area (Å²) >= 11 is 0. The summed E-state index contributed by atoms with van der Waals surface area (Å²) < 4.78 is 0. The van der Waals surface area contributed by atoms with Crippen molar-refractivity contribution in [3.05, 3.63) is 53.9 Å². The van der Waals surface area contributed by atoms with Gasteiger partial charge >= 0.3 is 0 Å². The number of nitrogens with one attached hydrogen (secondary N) is 1. The molecule has 5 heteroatoms. The van der Waals surface area contributed by atoms with Gasteiger partial charge in [-0.25, -0.2) is 0 Å². The fourth-order valence-electron chi connectivity index (χ4n) is 1.79. The van der Waals surface area contributed by atoms with Gasteiger partial charge in [-0.15, -0.1) is 0 Å². The molecular formula is C15H17N3O2. The minimum atomic E-state index is -0.128. The maximum atomic E-state index is 11.9. The second kappa shape index (κ2) is 6.68. The van der Waals surface area contributed by atoms with Crippen LogP contribution >= 0.6 is 0 Å². The van der Waals surface area contributed by atoms with Gasteiger partial charge in [-0.1, -0.05) is 12.1 Å². The summed E-state index contributed by atoms with van der Waals surface area (Å²) in [5, 5.41) is 11.6. The maximum Gasteiger partial charge on any atom is 0.230 e. The summed E-state index contributed by atoms with van der Waals surface area (Å²) in [5.74, 6) is -0.128. The van der Waals surface area contributed by atoms with Crippen molar-refractivity contribution in [3.8, 4) is 0 Å². The second-order valence-corrected chi connectivity index (χ2v) is 4.48. The molecule has 1 heterocycles. The third kappa shape index (κ3) is 4.07. The van der Waals surface area contributed by atoms with Crippen molar-refractivity contribution in [2.45, 2.75) is 12.8 Å². The van der Waals surface area contributed by atoms with Crippen molar-refractivity contribution in [1.82, 2.24) is 4.98 Å². The Hall–Kier alpha value is -2.40. The number of amides is 1. The van der Waals surface area contributed by atoms with Crippen molar-refractivity contribution in [2.24, 2.45) is 0 Å². The maximum absolute atomic E-state index is 11.9. The van der Waals surface area contributed by atoms with Crippen LogP contribution in [0.4, 0.5) is 11.4 Å². The molecule has 5 nitrogen and oxygen atoms in total. The Morgan fingerprint density at radius 3 is 2.55 bits per heavy atom. The molecule has 0 radical (unpaired) electrons. The van der Waals surface area contributed by atoms with E-state index in [-0.39, 0.29) is 18.9 Å². The van der Waals surface area contributed by atoms with Crippen molar-refractivity contribution < 1.29 is 9.90 Å². The standard InChI is InChI=1S/C15H17N3O2/c16-12-3-6-14(17-10-12)9-15(20)18-13-4-1-11(2-5-13)7-8-19/h1-6,10,19H,7-9,16H2,(H,18,20). The van der Waals surface area contributed by atoms with E-state index in [1.54, 1.807) is 12.1 Å². The Balaban J connectivity index is 1.92. The van der Waals surface area contributed by atoms with Crippen molar-refractivity contribution in [1.29, 1.82) is 0 Å². The zero-order valence-corrected chi connectivity index (χ0v) is 11.0. The summed E-state index contributed by atoms with van der Waals surface area (Å²) in [5.41, 5.74) is 8.55. The topological polar surface area (TPSA) is 88.2 Å². The number of nitrogen functional groups attached to an aromatic ring is 1. The van der Waals surface area contributed by atoms with Gasteiger partial charge in [-0.2, -0.15) is 0 Å². The molecule has 1 aromatic carbocycles. The smallest absolute Gasteiger partial charge is 0.230 e. The van der Waals surface area contributed by atoms with Gasteiger partial charge < -0.3 is 16.2 Å². The first kappa shape index (κ1) is 14.0. The lowest BCUT2D eigenvalue weighted by atomic mass is 10.1. The average molecular weight is 271 g/mol. The summed E-state index contributed by atoms with van der Waals surface area (Å²) in [6.07, 6.45) is 2.36. The predicted molar refractivity (Wildman–Crippen MR) is 78.2 cm³/mol. The number of carbonyl (C=O) groups is 1. The van der Waals surface area contributed by atoms with Crippen LogP contribution in [0.1, 0.15) is 11.3 Å². The molecule has 20 heavy (non-hydrogen) atoms. The van der Waals surface area contributed by atoms with Gasteiger partial charge in [0.25, 0.3) is 0 Å². The van der Waals surface area contributed by atoms with Crippen LogP contribution in [0, 0.1) is 0 Å². The number of anilines is 2. The lowest BCUT2D eigenvalue weighted by Crippen LogP contribution is -2.15. The summed E-state index contributed by atoms with van der Waals surface area (Å²) in [6, 6.07) is 10.9.